The van der Waals surface area contributed by atoms with Gasteiger partial charge in [0, 0.05) is 24.7 Å². The van der Waals surface area contributed by atoms with Crippen LogP contribution in [0.3, 0.4) is 0 Å². The van der Waals surface area contributed by atoms with E-state index >= 15 is 0 Å². The highest BCUT2D eigenvalue weighted by atomic mass is 32.2. The number of anilines is 1. The van der Waals surface area contributed by atoms with E-state index in [9.17, 15) is 53.1 Å². The normalized spacial score (nSPS) is 22.6. The molecule has 0 spiro atoms. The van der Waals surface area contributed by atoms with E-state index in [1.165, 1.54) is 13.8 Å². The third kappa shape index (κ3) is 14.7. The van der Waals surface area contributed by atoms with Crippen LogP contribution >= 0.6 is 35.2 Å². The molecular weight excluding hydrogens is 799 g/mol. The highest BCUT2D eigenvalue weighted by Crippen LogP contribution is 2.61. The molecule has 21 nitrogen and oxygen atoms in total. The van der Waals surface area contributed by atoms with Crippen molar-refractivity contribution in [2.24, 2.45) is 10.8 Å². The van der Waals surface area contributed by atoms with Gasteiger partial charge >= 0.3 is 23.5 Å². The second-order valence-corrected chi connectivity index (χ2v) is 20.0. The number of nitrogen functional groups attached to an aromatic ring is 1. The minimum Gasteiger partial charge on any atom is -0.386 e. The average Bonchev–Trinajstić information content (AvgIpc) is 3.60. The predicted octanol–water partition coefficient (Wildman–Crippen LogP) is 3.04. The van der Waals surface area contributed by atoms with Crippen LogP contribution in [0.5, 0.6) is 0 Å². The first kappa shape index (κ1) is 46.7. The summed E-state index contributed by atoms with van der Waals surface area (Å²) in [6.07, 6.45) is -4.07. The first-order valence-corrected chi connectivity index (χ1v) is 22.5. The van der Waals surface area contributed by atoms with Gasteiger partial charge in [0.15, 0.2) is 23.5 Å². The molecule has 308 valence electrons. The number of carbonyl (C=O) groups is 2. The Balaban J connectivity index is 1.50. The summed E-state index contributed by atoms with van der Waals surface area (Å²) in [5.41, 5.74) is 4.67. The maximum Gasteiger partial charge on any atom is 0.481 e. The molecule has 7 unspecified atom stereocenters. The Morgan fingerprint density at radius 3 is 2.28 bits per heavy atom. The Morgan fingerprint density at radius 1 is 0.981 bits per heavy atom. The second-order valence-electron chi connectivity index (χ2n) is 14.6. The van der Waals surface area contributed by atoms with Gasteiger partial charge in [0.25, 0.3) is 0 Å². The van der Waals surface area contributed by atoms with Crippen LogP contribution in [0, 0.1) is 10.8 Å². The van der Waals surface area contributed by atoms with E-state index in [2.05, 4.69) is 44.6 Å². The molecule has 2 aromatic rings. The van der Waals surface area contributed by atoms with Crippen LogP contribution in [0.25, 0.3) is 11.2 Å². The Kier molecular flexibility index (Phi) is 16.6. The standard InChI is InChI=1S/C29H50N5O16P3S/c1-28(2,3)11-13-54-12-7-9-18(35)8-6-10-19(36)24(38)29(4,5)15-47-53(44,45)50-52(42,43)46-14-20-23(49-51(39,40)41)22(37)27(48-20)34-17-33-21-25(30)31-16-32-26(21)34/h16-17,20,22-24,27,37-38H,6-15H2,1-5H3,(H,42,43)(H,44,45)(H2,30,31,32)(H2,39,40,41). The van der Waals surface area contributed by atoms with Gasteiger partial charge in [-0.2, -0.15) is 16.1 Å². The van der Waals surface area contributed by atoms with Gasteiger partial charge in [-0.15, -0.1) is 0 Å². The van der Waals surface area contributed by atoms with Crippen LogP contribution in [0.1, 0.15) is 79.4 Å². The van der Waals surface area contributed by atoms with Crippen molar-refractivity contribution in [2.75, 3.05) is 30.5 Å². The van der Waals surface area contributed by atoms with E-state index in [0.717, 1.165) is 41.6 Å². The molecule has 54 heavy (non-hydrogen) atoms. The predicted molar refractivity (Wildman–Crippen MR) is 193 cm³/mol. The monoisotopic (exact) mass is 849 g/mol. The first-order valence-electron chi connectivity index (χ1n) is 16.8. The average molecular weight is 850 g/mol. The van der Waals surface area contributed by atoms with E-state index in [1.54, 1.807) is 11.8 Å². The van der Waals surface area contributed by atoms with Crippen molar-refractivity contribution in [2.45, 2.75) is 104 Å². The molecule has 8 N–H and O–H groups in total. The van der Waals surface area contributed by atoms with Crippen LogP contribution in [0.2, 0.25) is 0 Å². The molecule has 1 aliphatic rings. The van der Waals surface area contributed by atoms with Gasteiger partial charge in [0.1, 0.15) is 42.0 Å². The quantitative estimate of drug-likeness (QED) is 0.0624. The summed E-state index contributed by atoms with van der Waals surface area (Å²) in [5, 5.41) is 21.5. The number of phosphoric ester groups is 3. The number of carbonyl (C=O) groups excluding carboxylic acids is 2. The SMILES string of the molecule is CC(C)(C)CCSCCCC(=O)CCCC(=O)C(O)C(C)(C)COP(=O)(O)OP(=O)(O)OCC1OC(n2cnc3c(N)ncnc32)C(O)C1OP(=O)(O)O. The number of fused-ring (bicyclic) bond motifs is 1. The minimum absolute atomic E-state index is 0.00171. The van der Waals surface area contributed by atoms with Crippen molar-refractivity contribution in [3.8, 4) is 0 Å². The number of ether oxygens (including phenoxy) is 1. The lowest BCUT2D eigenvalue weighted by Crippen LogP contribution is -2.39. The smallest absolute Gasteiger partial charge is 0.386 e. The molecule has 0 saturated carbocycles. The molecule has 0 bridgehead atoms. The van der Waals surface area contributed by atoms with Gasteiger partial charge < -0.3 is 40.3 Å². The van der Waals surface area contributed by atoms with Crippen LogP contribution in [-0.2, 0) is 45.9 Å². The molecule has 1 fully saturated rings. The van der Waals surface area contributed by atoms with E-state index < -0.39 is 78.5 Å². The zero-order valence-corrected chi connectivity index (χ0v) is 34.0. The third-order valence-electron chi connectivity index (χ3n) is 8.10. The number of hydrogen-bond acceptors (Lipinski definition) is 17. The number of rotatable bonds is 23. The zero-order chi connectivity index (χ0) is 40.7. The molecule has 7 atom stereocenters. The summed E-state index contributed by atoms with van der Waals surface area (Å²) in [6.45, 7) is 7.26. The highest BCUT2D eigenvalue weighted by molar-refractivity contribution is 7.99. The summed E-state index contributed by atoms with van der Waals surface area (Å²) in [6, 6.07) is 0. The Morgan fingerprint density at radius 2 is 1.63 bits per heavy atom. The number of ketones is 2. The number of aromatic nitrogens is 4. The Hall–Kier alpha value is -1.71. The summed E-state index contributed by atoms with van der Waals surface area (Å²) in [7, 11) is -16.3. The minimum atomic E-state index is -5.53. The number of phosphoric acid groups is 3. The number of thioether (sulfide) groups is 1. The van der Waals surface area contributed by atoms with Crippen LogP contribution in [0.15, 0.2) is 12.7 Å². The Labute approximate surface area is 316 Å². The molecule has 3 rings (SSSR count). The van der Waals surface area contributed by atoms with Gasteiger partial charge in [-0.05, 0) is 36.2 Å². The number of hydrogen-bond donors (Lipinski definition) is 7. The number of nitrogens with zero attached hydrogens (tertiary/aromatic N) is 4. The van der Waals surface area contributed by atoms with E-state index in [4.69, 9.17) is 19.5 Å². The number of Topliss-reactive ketones (excluding diaryl/α,β-unsaturated/α-hetero) is 2. The van der Waals surface area contributed by atoms with Crippen LogP contribution in [0.4, 0.5) is 5.82 Å². The van der Waals surface area contributed by atoms with Crippen LogP contribution in [-0.4, -0.2) is 110 Å². The van der Waals surface area contributed by atoms with E-state index in [0.29, 0.717) is 6.42 Å². The third-order valence-corrected chi connectivity index (χ3v) is 12.3. The van der Waals surface area contributed by atoms with Gasteiger partial charge in [-0.1, -0.05) is 34.6 Å². The van der Waals surface area contributed by atoms with Crippen LogP contribution < -0.4 is 5.73 Å². The van der Waals surface area contributed by atoms with Gasteiger partial charge in [0.2, 0.25) is 0 Å². The lowest BCUT2D eigenvalue weighted by molar-refractivity contribution is -0.134. The summed E-state index contributed by atoms with van der Waals surface area (Å²) >= 11 is 1.79. The van der Waals surface area contributed by atoms with Gasteiger partial charge in [0.05, 0.1) is 19.5 Å². The summed E-state index contributed by atoms with van der Waals surface area (Å²) in [4.78, 5) is 75.9. The number of aliphatic hydroxyl groups excluding tert-OH is 2. The molecule has 0 aromatic carbocycles. The fourth-order valence-corrected chi connectivity index (χ4v) is 9.25. The zero-order valence-electron chi connectivity index (χ0n) is 30.5. The number of aliphatic hydroxyl groups is 2. The van der Waals surface area contributed by atoms with E-state index in [1.807, 2.05) is 0 Å². The largest absolute Gasteiger partial charge is 0.481 e. The topological polar surface area (TPSA) is 322 Å². The molecule has 2 aromatic heterocycles. The Bertz CT molecular complexity index is 1740. The van der Waals surface area contributed by atoms with Crippen molar-refractivity contribution in [1.29, 1.82) is 0 Å². The van der Waals surface area contributed by atoms with Crippen molar-refractivity contribution in [3.05, 3.63) is 12.7 Å². The van der Waals surface area contributed by atoms with Crippen molar-refractivity contribution in [3.63, 3.8) is 0 Å². The highest BCUT2D eigenvalue weighted by Gasteiger charge is 2.50. The van der Waals surface area contributed by atoms with Crippen molar-refractivity contribution in [1.82, 2.24) is 19.5 Å². The molecule has 0 radical (unpaired) electrons. The fraction of sp³-hybridized carbons (Fsp3) is 0.759. The molecule has 1 aliphatic heterocycles. The maximum absolute atomic E-state index is 12.7. The fourth-order valence-electron chi connectivity index (χ4n) is 5.11. The molecular formula is C29H50N5O16P3S. The first-order chi connectivity index (χ1) is 24.8. The molecule has 1 saturated heterocycles. The summed E-state index contributed by atoms with van der Waals surface area (Å²) in [5.74, 6) is 1.19. The summed E-state index contributed by atoms with van der Waals surface area (Å²) < 4.78 is 62.3. The molecule has 0 amide bonds. The van der Waals surface area contributed by atoms with Crippen molar-refractivity contribution >= 4 is 63.8 Å². The molecule has 25 heteroatoms. The molecule has 3 heterocycles. The lowest BCUT2D eigenvalue weighted by atomic mass is 9.84. The maximum atomic E-state index is 12.7. The van der Waals surface area contributed by atoms with Gasteiger partial charge in [-0.25, -0.2) is 28.6 Å². The lowest BCUT2D eigenvalue weighted by Gasteiger charge is -2.30. The van der Waals surface area contributed by atoms with Gasteiger partial charge in [-0.3, -0.25) is 27.7 Å². The second kappa shape index (κ2) is 19.2. The molecule has 0 aliphatic carbocycles. The van der Waals surface area contributed by atoms with Crippen molar-refractivity contribution < 1.29 is 75.7 Å². The van der Waals surface area contributed by atoms with E-state index in [-0.39, 0.29) is 47.4 Å². The number of imidazole rings is 1. The number of nitrogens with two attached hydrogens (primary N) is 1.